The van der Waals surface area contributed by atoms with Crippen LogP contribution in [0.15, 0.2) is 72.9 Å². The molecule has 392 valence electrons. The summed E-state index contributed by atoms with van der Waals surface area (Å²) in [4.78, 5) is 25.0. The van der Waals surface area contributed by atoms with E-state index in [9.17, 15) is 35.1 Å². The molecule has 1 aliphatic heterocycles. The molecule has 6 N–H and O–H groups in total. The Morgan fingerprint density at radius 3 is 1.54 bits per heavy atom. The smallest absolute Gasteiger partial charge is 0.305 e. The number of nitrogens with one attached hydrogen (secondary N) is 1. The molecule has 1 heterocycles. The summed E-state index contributed by atoms with van der Waals surface area (Å²) in [6.45, 7) is 4.16. The van der Waals surface area contributed by atoms with Gasteiger partial charge in [0.1, 0.15) is 24.4 Å². The number of hydrogen-bond donors (Lipinski definition) is 6. The van der Waals surface area contributed by atoms with Gasteiger partial charge in [-0.2, -0.15) is 0 Å². The van der Waals surface area contributed by atoms with E-state index >= 15 is 0 Å². The molecule has 1 aliphatic rings. The number of esters is 1. The van der Waals surface area contributed by atoms with Crippen molar-refractivity contribution < 1.29 is 49.3 Å². The highest BCUT2D eigenvalue weighted by atomic mass is 16.7. The summed E-state index contributed by atoms with van der Waals surface area (Å²) in [6, 6.07) is -0.853. The first kappa shape index (κ1) is 63.1. The van der Waals surface area contributed by atoms with Crippen molar-refractivity contribution in [3.63, 3.8) is 0 Å². The van der Waals surface area contributed by atoms with Gasteiger partial charge in [0.05, 0.1) is 32.0 Å². The minimum Gasteiger partial charge on any atom is -0.466 e. The van der Waals surface area contributed by atoms with Crippen LogP contribution in [0, 0.1) is 0 Å². The van der Waals surface area contributed by atoms with Gasteiger partial charge in [0.25, 0.3) is 0 Å². The van der Waals surface area contributed by atoms with Crippen LogP contribution in [0.25, 0.3) is 0 Å². The zero-order valence-electron chi connectivity index (χ0n) is 42.8. The van der Waals surface area contributed by atoms with Gasteiger partial charge in [0.15, 0.2) is 6.29 Å². The average Bonchev–Trinajstić information content (AvgIpc) is 3.33. The van der Waals surface area contributed by atoms with Crippen LogP contribution in [-0.4, -0.2) is 100 Å². The Hall–Kier alpha value is -2.90. The molecule has 1 fully saturated rings. The SMILES string of the molecule is CCCCC/C=C\CCCCCCCC(=O)OCCCCC/C=C\C=C/CCCCCCCCC(=O)NC(COC1OC(CO)C(O)C(O)C1O)C(O)/C=C/CC/C=C/CC/C=C/CCCCC. The van der Waals surface area contributed by atoms with Gasteiger partial charge in [0, 0.05) is 12.8 Å². The highest BCUT2D eigenvalue weighted by molar-refractivity contribution is 5.76. The number of unbranched alkanes of at least 4 members (excludes halogenated alkanes) is 22. The number of aliphatic hydroxyl groups is 5. The summed E-state index contributed by atoms with van der Waals surface area (Å²) in [6.07, 6.45) is 49.8. The Morgan fingerprint density at radius 1 is 0.544 bits per heavy atom. The predicted molar refractivity (Wildman–Crippen MR) is 278 cm³/mol. The van der Waals surface area contributed by atoms with Gasteiger partial charge in [0.2, 0.25) is 5.91 Å². The van der Waals surface area contributed by atoms with Crippen LogP contribution in [-0.2, 0) is 23.8 Å². The minimum absolute atomic E-state index is 0.0539. The van der Waals surface area contributed by atoms with Crippen LogP contribution in [0.2, 0.25) is 0 Å². The monoisotopic (exact) mass is 958 g/mol. The summed E-state index contributed by atoms with van der Waals surface area (Å²) in [5, 5.41) is 54.2. The highest BCUT2D eigenvalue weighted by Gasteiger charge is 2.44. The fourth-order valence-corrected chi connectivity index (χ4v) is 7.86. The number of allylic oxidation sites excluding steroid dienone is 11. The van der Waals surface area contributed by atoms with E-state index in [1.54, 1.807) is 6.08 Å². The second-order valence-corrected chi connectivity index (χ2v) is 18.6. The van der Waals surface area contributed by atoms with Gasteiger partial charge in [-0.15, -0.1) is 0 Å². The van der Waals surface area contributed by atoms with Crippen molar-refractivity contribution in [1.82, 2.24) is 5.32 Å². The van der Waals surface area contributed by atoms with Crippen LogP contribution in [0.3, 0.4) is 0 Å². The molecule has 1 amide bonds. The van der Waals surface area contributed by atoms with Crippen molar-refractivity contribution in [1.29, 1.82) is 0 Å². The summed E-state index contributed by atoms with van der Waals surface area (Å²) < 4.78 is 16.6. The first-order valence-electron chi connectivity index (χ1n) is 27.2. The lowest BCUT2D eigenvalue weighted by Crippen LogP contribution is -2.60. The number of amides is 1. The second kappa shape index (κ2) is 46.5. The second-order valence-electron chi connectivity index (χ2n) is 18.6. The average molecular weight is 958 g/mol. The molecule has 0 aromatic carbocycles. The van der Waals surface area contributed by atoms with E-state index < -0.39 is 49.5 Å². The van der Waals surface area contributed by atoms with E-state index in [1.165, 1.54) is 70.6 Å². The Balaban J connectivity index is 2.22. The lowest BCUT2D eigenvalue weighted by molar-refractivity contribution is -0.302. The lowest BCUT2D eigenvalue weighted by atomic mass is 9.99. The molecular formula is C57H99NO10. The van der Waals surface area contributed by atoms with Crippen molar-refractivity contribution in [2.24, 2.45) is 0 Å². The van der Waals surface area contributed by atoms with Crippen LogP contribution < -0.4 is 5.32 Å². The topological polar surface area (TPSA) is 175 Å². The molecule has 1 rings (SSSR count). The molecule has 11 heteroatoms. The standard InChI is InChI=1S/C57H99NO10/c1-3-5-7-9-11-13-15-20-23-27-31-35-39-43-50(60)49(48-67-57-56(65)55(64)54(63)51(47-59)68-57)58-52(61)44-40-36-32-28-24-21-18-17-19-22-26-30-34-38-42-46-66-53(62)45-41-37-33-29-25-16-14-12-10-8-6-4-2/h11-14,17,19,22-23,26-27,39,43,49-51,54-57,59-60,63-65H,3-10,15-16,18,20-21,24-25,28-38,40-42,44-48H2,1-2H3,(H,58,61)/b13-11+,14-12-,19-17-,26-22-,27-23+,43-39+. The minimum atomic E-state index is -1.59. The van der Waals surface area contributed by atoms with Gasteiger partial charge < -0.3 is 45.1 Å². The molecule has 0 aliphatic carbocycles. The molecule has 1 saturated heterocycles. The summed E-state index contributed by atoms with van der Waals surface area (Å²) >= 11 is 0. The fraction of sp³-hybridized carbons (Fsp3) is 0.754. The van der Waals surface area contributed by atoms with Gasteiger partial charge in [-0.25, -0.2) is 0 Å². The Bertz CT molecular complexity index is 1360. The molecular weight excluding hydrogens is 859 g/mol. The van der Waals surface area contributed by atoms with Crippen molar-refractivity contribution >= 4 is 11.9 Å². The van der Waals surface area contributed by atoms with Crippen LogP contribution >= 0.6 is 0 Å². The number of carbonyl (C=O) groups is 2. The molecule has 11 nitrogen and oxygen atoms in total. The molecule has 0 aromatic heterocycles. The number of ether oxygens (including phenoxy) is 3. The summed E-state index contributed by atoms with van der Waals surface area (Å²) in [5.41, 5.74) is 0. The number of hydrogen-bond acceptors (Lipinski definition) is 10. The van der Waals surface area contributed by atoms with Gasteiger partial charge in [-0.1, -0.05) is 157 Å². The van der Waals surface area contributed by atoms with E-state index in [1.807, 2.05) is 6.08 Å². The number of aliphatic hydroxyl groups excluding tert-OH is 5. The van der Waals surface area contributed by atoms with E-state index in [-0.39, 0.29) is 18.5 Å². The van der Waals surface area contributed by atoms with E-state index in [0.29, 0.717) is 32.3 Å². The van der Waals surface area contributed by atoms with Crippen LogP contribution in [0.5, 0.6) is 0 Å². The zero-order valence-corrected chi connectivity index (χ0v) is 42.8. The molecule has 0 saturated carbocycles. The molecule has 68 heavy (non-hydrogen) atoms. The Kier molecular flexibility index (Phi) is 43.1. The largest absolute Gasteiger partial charge is 0.466 e. The number of rotatable bonds is 45. The van der Waals surface area contributed by atoms with Crippen molar-refractivity contribution in [2.75, 3.05) is 19.8 Å². The van der Waals surface area contributed by atoms with Crippen LogP contribution in [0.1, 0.15) is 213 Å². The van der Waals surface area contributed by atoms with Gasteiger partial charge >= 0.3 is 5.97 Å². The molecule has 7 atom stereocenters. The molecule has 0 radical (unpaired) electrons. The van der Waals surface area contributed by atoms with Crippen molar-refractivity contribution in [3.8, 4) is 0 Å². The maximum absolute atomic E-state index is 13.0. The van der Waals surface area contributed by atoms with E-state index in [4.69, 9.17) is 14.2 Å². The van der Waals surface area contributed by atoms with E-state index in [0.717, 1.165) is 103 Å². The molecule has 0 bridgehead atoms. The van der Waals surface area contributed by atoms with Crippen molar-refractivity contribution in [3.05, 3.63) is 72.9 Å². The maximum Gasteiger partial charge on any atom is 0.305 e. The van der Waals surface area contributed by atoms with Gasteiger partial charge in [-0.05, 0) is 116 Å². The molecule has 7 unspecified atom stereocenters. The summed E-state index contributed by atoms with van der Waals surface area (Å²) in [5.74, 6) is -0.276. The normalized spacial score (nSPS) is 20.0. The van der Waals surface area contributed by atoms with E-state index in [2.05, 4.69) is 79.9 Å². The third kappa shape index (κ3) is 36.1. The van der Waals surface area contributed by atoms with Gasteiger partial charge in [-0.3, -0.25) is 9.59 Å². The first-order valence-corrected chi connectivity index (χ1v) is 27.2. The fourth-order valence-electron chi connectivity index (χ4n) is 7.86. The highest BCUT2D eigenvalue weighted by Crippen LogP contribution is 2.22. The third-order valence-electron chi connectivity index (χ3n) is 12.3. The quantitative estimate of drug-likeness (QED) is 0.0149. The van der Waals surface area contributed by atoms with Crippen LogP contribution in [0.4, 0.5) is 0 Å². The summed E-state index contributed by atoms with van der Waals surface area (Å²) in [7, 11) is 0. The molecule has 0 aromatic rings. The maximum atomic E-state index is 13.0. The predicted octanol–water partition coefficient (Wildman–Crippen LogP) is 11.7. The molecule has 0 spiro atoms. The lowest BCUT2D eigenvalue weighted by Gasteiger charge is -2.40. The third-order valence-corrected chi connectivity index (χ3v) is 12.3. The zero-order chi connectivity index (χ0) is 49.6. The first-order chi connectivity index (χ1) is 33.2. The van der Waals surface area contributed by atoms with Crippen molar-refractivity contribution in [2.45, 2.75) is 256 Å². The number of carbonyl (C=O) groups excluding carboxylic acids is 2. The Morgan fingerprint density at radius 2 is 1.00 bits per heavy atom. The Labute approximate surface area is 413 Å².